The first-order valence-electron chi connectivity index (χ1n) is 7.16. The van der Waals surface area contributed by atoms with Gasteiger partial charge in [-0.1, -0.05) is 30.3 Å². The molecule has 3 amide bonds. The van der Waals surface area contributed by atoms with Crippen molar-refractivity contribution in [2.45, 2.75) is 6.04 Å². The molecule has 0 aliphatic carbocycles. The third-order valence-corrected chi connectivity index (χ3v) is 3.84. The number of rotatable bonds is 2. The highest BCUT2D eigenvalue weighted by Crippen LogP contribution is 2.37. The van der Waals surface area contributed by atoms with Crippen LogP contribution >= 0.6 is 0 Å². The van der Waals surface area contributed by atoms with Crippen molar-refractivity contribution in [1.82, 2.24) is 4.90 Å². The average Bonchev–Trinajstić information content (AvgIpc) is 2.70. The number of benzene rings is 2. The summed E-state index contributed by atoms with van der Waals surface area (Å²) in [5, 5.41) is 13.8. The Morgan fingerprint density at radius 3 is 2.58 bits per heavy atom. The van der Waals surface area contributed by atoms with Gasteiger partial charge in [-0.3, -0.25) is 14.9 Å². The summed E-state index contributed by atoms with van der Waals surface area (Å²) in [6.45, 7) is -0.239. The lowest BCUT2D eigenvalue weighted by molar-refractivity contribution is -0.384. The minimum Gasteiger partial charge on any atom is -0.351 e. The molecule has 24 heavy (non-hydrogen) atoms. The lowest BCUT2D eigenvalue weighted by atomic mass is 9.95. The van der Waals surface area contributed by atoms with E-state index < -0.39 is 22.9 Å². The summed E-state index contributed by atoms with van der Waals surface area (Å²) >= 11 is 0. The van der Waals surface area contributed by atoms with Gasteiger partial charge in [-0.15, -0.1) is 0 Å². The third-order valence-electron chi connectivity index (χ3n) is 3.84. The van der Waals surface area contributed by atoms with Gasteiger partial charge in [0.15, 0.2) is 0 Å². The predicted molar refractivity (Wildman–Crippen MR) is 86.3 cm³/mol. The average molecular weight is 326 g/mol. The lowest BCUT2D eigenvalue weighted by Gasteiger charge is -2.28. The molecule has 2 aromatic rings. The quantitative estimate of drug-likeness (QED) is 0.648. The fourth-order valence-corrected chi connectivity index (χ4v) is 2.81. The lowest BCUT2D eigenvalue weighted by Crippen LogP contribution is -2.42. The van der Waals surface area contributed by atoms with E-state index in [1.165, 1.54) is 23.1 Å². The van der Waals surface area contributed by atoms with Crippen molar-refractivity contribution in [3.63, 3.8) is 0 Å². The van der Waals surface area contributed by atoms with E-state index in [4.69, 9.17) is 5.73 Å². The molecule has 1 unspecified atom stereocenters. The summed E-state index contributed by atoms with van der Waals surface area (Å²) < 4.78 is 0. The summed E-state index contributed by atoms with van der Waals surface area (Å²) in [6, 6.07) is 11.6. The zero-order valence-electron chi connectivity index (χ0n) is 12.5. The molecule has 1 heterocycles. The fourth-order valence-electron chi connectivity index (χ4n) is 2.81. The van der Waals surface area contributed by atoms with Gasteiger partial charge < -0.3 is 16.0 Å². The van der Waals surface area contributed by atoms with E-state index >= 15 is 0 Å². The molecule has 0 fully saturated rings. The number of nitrogens with zero attached hydrogens (tertiary/aromatic N) is 2. The van der Waals surface area contributed by atoms with Gasteiger partial charge in [0.2, 0.25) is 5.91 Å². The van der Waals surface area contributed by atoms with Crippen molar-refractivity contribution < 1.29 is 14.5 Å². The normalized spacial score (nSPS) is 16.8. The van der Waals surface area contributed by atoms with Crippen molar-refractivity contribution in [1.29, 1.82) is 0 Å². The van der Waals surface area contributed by atoms with Crippen LogP contribution in [0.15, 0.2) is 48.5 Å². The number of nitro benzene ring substituents is 1. The van der Waals surface area contributed by atoms with Gasteiger partial charge >= 0.3 is 6.03 Å². The van der Waals surface area contributed by atoms with E-state index in [9.17, 15) is 19.7 Å². The standard InChI is InChI=1S/C16H14N4O4/c17-16(22)19-9-14(21)18-13-7-6-11(20(23)24)8-12(13)15(19)10-4-2-1-3-5-10/h1-8,15H,9H2,(H2,17,22)(H,18,21). The number of nitrogens with one attached hydrogen (secondary N) is 1. The molecule has 3 N–H and O–H groups in total. The zero-order chi connectivity index (χ0) is 17.3. The van der Waals surface area contributed by atoms with E-state index in [1.807, 2.05) is 6.07 Å². The van der Waals surface area contributed by atoms with Gasteiger partial charge in [0.1, 0.15) is 6.54 Å². The predicted octanol–water partition coefficient (Wildman–Crippen LogP) is 2.02. The van der Waals surface area contributed by atoms with E-state index in [0.717, 1.165) is 0 Å². The minimum atomic E-state index is -0.779. The highest BCUT2D eigenvalue weighted by atomic mass is 16.6. The molecule has 2 aromatic carbocycles. The maximum Gasteiger partial charge on any atom is 0.316 e. The molecule has 3 rings (SSSR count). The Balaban J connectivity index is 2.24. The number of anilines is 1. The van der Waals surface area contributed by atoms with Gasteiger partial charge in [0.25, 0.3) is 5.69 Å². The molecule has 0 saturated carbocycles. The second-order valence-electron chi connectivity index (χ2n) is 5.36. The van der Waals surface area contributed by atoms with E-state index in [-0.39, 0.29) is 12.2 Å². The molecular weight excluding hydrogens is 312 g/mol. The largest absolute Gasteiger partial charge is 0.351 e. The highest BCUT2D eigenvalue weighted by molar-refractivity contribution is 5.96. The van der Waals surface area contributed by atoms with Crippen LogP contribution in [-0.2, 0) is 4.79 Å². The molecule has 1 aliphatic rings. The summed E-state index contributed by atoms with van der Waals surface area (Å²) in [7, 11) is 0. The smallest absolute Gasteiger partial charge is 0.316 e. The monoisotopic (exact) mass is 326 g/mol. The molecule has 1 aliphatic heterocycles. The van der Waals surface area contributed by atoms with E-state index in [0.29, 0.717) is 16.8 Å². The van der Waals surface area contributed by atoms with Crippen molar-refractivity contribution >= 4 is 23.3 Å². The van der Waals surface area contributed by atoms with Gasteiger partial charge in [-0.25, -0.2) is 4.79 Å². The number of hydrogen-bond donors (Lipinski definition) is 2. The molecule has 8 heteroatoms. The Kier molecular flexibility index (Phi) is 3.87. The number of carbonyl (C=O) groups is 2. The maximum absolute atomic E-state index is 12.1. The number of fused-ring (bicyclic) bond motifs is 1. The molecule has 0 saturated heterocycles. The maximum atomic E-state index is 12.1. The van der Waals surface area contributed by atoms with Crippen molar-refractivity contribution in [3.8, 4) is 0 Å². The van der Waals surface area contributed by atoms with Crippen LogP contribution in [0, 0.1) is 10.1 Å². The van der Waals surface area contributed by atoms with Gasteiger partial charge in [0, 0.05) is 23.4 Å². The molecule has 122 valence electrons. The van der Waals surface area contributed by atoms with E-state index in [2.05, 4.69) is 5.32 Å². The van der Waals surface area contributed by atoms with Gasteiger partial charge in [0.05, 0.1) is 11.0 Å². The van der Waals surface area contributed by atoms with Crippen LogP contribution in [-0.4, -0.2) is 28.3 Å². The van der Waals surface area contributed by atoms with Crippen molar-refractivity contribution in [3.05, 3.63) is 69.8 Å². The van der Waals surface area contributed by atoms with Crippen LogP contribution < -0.4 is 11.1 Å². The first-order valence-corrected chi connectivity index (χ1v) is 7.16. The number of urea groups is 1. The van der Waals surface area contributed by atoms with Crippen molar-refractivity contribution in [2.75, 3.05) is 11.9 Å². The van der Waals surface area contributed by atoms with Crippen LogP contribution in [0.5, 0.6) is 0 Å². The number of primary amides is 1. The van der Waals surface area contributed by atoms with Crippen LogP contribution in [0.4, 0.5) is 16.2 Å². The first kappa shape index (κ1) is 15.5. The third kappa shape index (κ3) is 2.76. The fraction of sp³-hybridized carbons (Fsp3) is 0.125. The number of nitrogens with two attached hydrogens (primary N) is 1. The molecular formula is C16H14N4O4. The minimum absolute atomic E-state index is 0.129. The van der Waals surface area contributed by atoms with Crippen LogP contribution in [0.2, 0.25) is 0 Å². The molecule has 0 bridgehead atoms. The Hall–Kier alpha value is -3.42. The Morgan fingerprint density at radius 2 is 1.96 bits per heavy atom. The van der Waals surface area contributed by atoms with Crippen molar-refractivity contribution in [2.24, 2.45) is 5.73 Å². The Morgan fingerprint density at radius 1 is 1.25 bits per heavy atom. The van der Waals surface area contributed by atoms with Gasteiger partial charge in [-0.05, 0) is 11.6 Å². The first-order chi connectivity index (χ1) is 11.5. The molecule has 0 aromatic heterocycles. The van der Waals surface area contributed by atoms with Crippen LogP contribution in [0.1, 0.15) is 17.2 Å². The number of non-ortho nitro benzene ring substituents is 1. The summed E-state index contributed by atoms with van der Waals surface area (Å²) in [6.07, 6.45) is 0. The second kappa shape index (κ2) is 5.99. The molecule has 8 nitrogen and oxygen atoms in total. The number of carbonyl (C=O) groups excluding carboxylic acids is 2. The summed E-state index contributed by atoms with van der Waals surface area (Å²) in [5.41, 5.74) is 6.89. The molecule has 1 atom stereocenters. The van der Waals surface area contributed by atoms with Crippen LogP contribution in [0.3, 0.4) is 0 Å². The summed E-state index contributed by atoms with van der Waals surface area (Å²) in [5.74, 6) is -0.415. The summed E-state index contributed by atoms with van der Waals surface area (Å²) in [4.78, 5) is 35.7. The van der Waals surface area contributed by atoms with Crippen LogP contribution in [0.25, 0.3) is 0 Å². The zero-order valence-corrected chi connectivity index (χ0v) is 12.5. The number of hydrogen-bond acceptors (Lipinski definition) is 4. The molecule has 0 spiro atoms. The van der Waals surface area contributed by atoms with Gasteiger partial charge in [-0.2, -0.15) is 0 Å². The Bertz CT molecular complexity index is 822. The Labute approximate surface area is 137 Å². The highest BCUT2D eigenvalue weighted by Gasteiger charge is 2.33. The number of amides is 3. The van der Waals surface area contributed by atoms with E-state index in [1.54, 1.807) is 24.3 Å². The topological polar surface area (TPSA) is 119 Å². The second-order valence-corrected chi connectivity index (χ2v) is 5.36. The SMILES string of the molecule is NC(=O)N1CC(=O)Nc2ccc([N+](=O)[O-])cc2C1c1ccccc1. The molecule has 0 radical (unpaired) electrons. The number of nitro groups is 1.